The van der Waals surface area contributed by atoms with E-state index in [0.717, 1.165) is 65.2 Å². The Morgan fingerprint density at radius 3 is 2.46 bits per heavy atom. The number of hydrogen-bond donors (Lipinski definition) is 0. The molecule has 0 aromatic carbocycles. The average Bonchev–Trinajstić information content (AvgIpc) is 3.19. The molecule has 1 aromatic heterocycles. The molecule has 0 aliphatic carbocycles. The summed E-state index contributed by atoms with van der Waals surface area (Å²) in [6.07, 6.45) is 7.14. The van der Waals surface area contributed by atoms with E-state index in [0.29, 0.717) is 23.7 Å². The van der Waals surface area contributed by atoms with Crippen molar-refractivity contribution in [1.29, 1.82) is 0 Å². The Labute approximate surface area is 156 Å². The van der Waals surface area contributed by atoms with E-state index in [4.69, 9.17) is 4.74 Å². The second-order valence-electron chi connectivity index (χ2n) is 8.38. The summed E-state index contributed by atoms with van der Waals surface area (Å²) in [5.41, 5.74) is 1.28. The number of rotatable bonds is 4. The van der Waals surface area contributed by atoms with Crippen LogP contribution in [0.3, 0.4) is 0 Å². The molecule has 3 saturated heterocycles. The van der Waals surface area contributed by atoms with Gasteiger partial charge in [-0.2, -0.15) is 5.10 Å². The number of nitrogens with zero attached hydrogens (tertiary/aromatic N) is 4. The van der Waals surface area contributed by atoms with Crippen molar-refractivity contribution in [2.75, 3.05) is 39.4 Å². The molecule has 4 heterocycles. The Balaban J connectivity index is 1.26. The highest BCUT2D eigenvalue weighted by Crippen LogP contribution is 2.33. The molecular formula is C20H32N4O2. The first kappa shape index (κ1) is 18.0. The molecule has 3 aliphatic rings. The fourth-order valence-corrected chi connectivity index (χ4v) is 4.88. The first-order valence-corrected chi connectivity index (χ1v) is 10.2. The van der Waals surface area contributed by atoms with Crippen LogP contribution in [0.2, 0.25) is 0 Å². The topological polar surface area (TPSA) is 50.6 Å². The maximum atomic E-state index is 12.7. The van der Waals surface area contributed by atoms with Gasteiger partial charge in [0.1, 0.15) is 0 Å². The fraction of sp³-hybridized carbons (Fsp3) is 0.800. The minimum atomic E-state index is 0.386. The van der Waals surface area contributed by atoms with Crippen molar-refractivity contribution < 1.29 is 9.53 Å². The van der Waals surface area contributed by atoms with Crippen molar-refractivity contribution >= 4 is 5.91 Å². The summed E-state index contributed by atoms with van der Waals surface area (Å²) in [5.74, 6) is 2.29. The number of hydrogen-bond acceptors (Lipinski definition) is 4. The average molecular weight is 361 g/mol. The van der Waals surface area contributed by atoms with Crippen molar-refractivity contribution in [3.05, 3.63) is 18.0 Å². The standard InChI is InChI=1S/C20H32N4O2/c1-22-19(2-7-21-22)15-23-8-3-17-13-24(14-18(17)4-9-23)20(25)12-16-5-10-26-11-6-16/h2,7,16-18H,3-6,8-15H2,1H3/t17-,18+. The molecule has 0 spiro atoms. The molecule has 6 heteroatoms. The molecule has 3 aliphatic heterocycles. The van der Waals surface area contributed by atoms with Gasteiger partial charge < -0.3 is 9.64 Å². The largest absolute Gasteiger partial charge is 0.381 e. The van der Waals surface area contributed by atoms with Crippen LogP contribution in [0.1, 0.15) is 37.8 Å². The Bertz CT molecular complexity index is 595. The molecule has 6 nitrogen and oxygen atoms in total. The van der Waals surface area contributed by atoms with E-state index >= 15 is 0 Å². The zero-order chi connectivity index (χ0) is 17.9. The van der Waals surface area contributed by atoms with Gasteiger partial charge in [-0.1, -0.05) is 0 Å². The maximum absolute atomic E-state index is 12.7. The quantitative estimate of drug-likeness (QED) is 0.823. The van der Waals surface area contributed by atoms with Crippen LogP contribution in [0.15, 0.2) is 12.3 Å². The van der Waals surface area contributed by atoms with Crippen molar-refractivity contribution in [1.82, 2.24) is 19.6 Å². The van der Waals surface area contributed by atoms with E-state index in [2.05, 4.69) is 21.0 Å². The number of carbonyl (C=O) groups excluding carboxylic acids is 1. The van der Waals surface area contributed by atoms with Gasteiger partial charge in [0.15, 0.2) is 0 Å². The lowest BCUT2D eigenvalue weighted by Crippen LogP contribution is -2.33. The summed E-state index contributed by atoms with van der Waals surface area (Å²) < 4.78 is 7.39. The zero-order valence-electron chi connectivity index (χ0n) is 16.0. The highest BCUT2D eigenvalue weighted by atomic mass is 16.5. The van der Waals surface area contributed by atoms with E-state index in [1.807, 2.05) is 17.9 Å². The molecule has 4 rings (SSSR count). The van der Waals surface area contributed by atoms with Crippen LogP contribution in [0.5, 0.6) is 0 Å². The lowest BCUT2D eigenvalue weighted by molar-refractivity contribution is -0.132. The van der Waals surface area contributed by atoms with Gasteiger partial charge in [0.05, 0.1) is 5.69 Å². The minimum absolute atomic E-state index is 0.386. The second-order valence-corrected chi connectivity index (χ2v) is 8.38. The molecule has 2 atom stereocenters. The highest BCUT2D eigenvalue weighted by molar-refractivity contribution is 5.76. The third-order valence-corrected chi connectivity index (χ3v) is 6.67. The molecule has 144 valence electrons. The zero-order valence-corrected chi connectivity index (χ0v) is 16.0. The molecule has 0 saturated carbocycles. The second kappa shape index (κ2) is 8.09. The van der Waals surface area contributed by atoms with Crippen molar-refractivity contribution in [3.8, 4) is 0 Å². The van der Waals surface area contributed by atoms with Gasteiger partial charge in [-0.3, -0.25) is 14.4 Å². The number of aromatic nitrogens is 2. The van der Waals surface area contributed by atoms with E-state index < -0.39 is 0 Å². The van der Waals surface area contributed by atoms with Gasteiger partial charge in [0, 0.05) is 52.5 Å². The third-order valence-electron chi connectivity index (χ3n) is 6.67. The van der Waals surface area contributed by atoms with Crippen LogP contribution in [-0.2, 0) is 23.1 Å². The fourth-order valence-electron chi connectivity index (χ4n) is 4.88. The first-order chi connectivity index (χ1) is 12.7. The molecule has 0 radical (unpaired) electrons. The Morgan fingerprint density at radius 2 is 1.85 bits per heavy atom. The predicted molar refractivity (Wildman–Crippen MR) is 99.4 cm³/mol. The Kier molecular flexibility index (Phi) is 5.60. The lowest BCUT2D eigenvalue weighted by atomic mass is 9.92. The lowest BCUT2D eigenvalue weighted by Gasteiger charge is -2.25. The summed E-state index contributed by atoms with van der Waals surface area (Å²) in [7, 11) is 2.02. The van der Waals surface area contributed by atoms with E-state index in [1.165, 1.54) is 18.5 Å². The van der Waals surface area contributed by atoms with Crippen molar-refractivity contribution in [3.63, 3.8) is 0 Å². The monoisotopic (exact) mass is 360 g/mol. The van der Waals surface area contributed by atoms with Crippen LogP contribution >= 0.6 is 0 Å². The molecule has 3 fully saturated rings. The molecule has 0 bridgehead atoms. The van der Waals surface area contributed by atoms with Crippen LogP contribution in [-0.4, -0.2) is 64.9 Å². The summed E-state index contributed by atoms with van der Waals surface area (Å²) in [6, 6.07) is 2.11. The van der Waals surface area contributed by atoms with E-state index in [9.17, 15) is 4.79 Å². The highest BCUT2D eigenvalue weighted by Gasteiger charge is 2.37. The molecule has 0 unspecified atom stereocenters. The normalized spacial score (nSPS) is 28.1. The number of likely N-dealkylation sites (tertiary alicyclic amines) is 2. The smallest absolute Gasteiger partial charge is 0.222 e. The van der Waals surface area contributed by atoms with E-state index in [1.54, 1.807) is 0 Å². The number of aryl methyl sites for hydroxylation is 1. The molecule has 1 aromatic rings. The van der Waals surface area contributed by atoms with Crippen molar-refractivity contribution in [2.45, 2.75) is 38.6 Å². The van der Waals surface area contributed by atoms with Gasteiger partial charge in [0.25, 0.3) is 0 Å². The maximum Gasteiger partial charge on any atom is 0.222 e. The first-order valence-electron chi connectivity index (χ1n) is 10.2. The van der Waals surface area contributed by atoms with Crippen LogP contribution in [0.4, 0.5) is 0 Å². The number of amides is 1. The van der Waals surface area contributed by atoms with Gasteiger partial charge in [0.2, 0.25) is 5.91 Å². The van der Waals surface area contributed by atoms with Crippen LogP contribution < -0.4 is 0 Å². The summed E-state index contributed by atoms with van der Waals surface area (Å²) in [4.78, 5) is 17.4. The van der Waals surface area contributed by atoms with Crippen LogP contribution in [0, 0.1) is 17.8 Å². The molecule has 26 heavy (non-hydrogen) atoms. The predicted octanol–water partition coefficient (Wildman–Crippen LogP) is 1.91. The molecular weight excluding hydrogens is 328 g/mol. The summed E-state index contributed by atoms with van der Waals surface area (Å²) in [6.45, 7) is 6.87. The SMILES string of the molecule is Cn1nccc1CN1CC[C@@H]2CN(C(=O)CC3CCOCC3)C[C@@H]2CC1. The number of carbonyl (C=O) groups is 1. The van der Waals surface area contributed by atoms with Gasteiger partial charge in [-0.05, 0) is 62.6 Å². The van der Waals surface area contributed by atoms with Gasteiger partial charge >= 0.3 is 0 Å². The van der Waals surface area contributed by atoms with Gasteiger partial charge in [-0.25, -0.2) is 0 Å². The van der Waals surface area contributed by atoms with Gasteiger partial charge in [-0.15, -0.1) is 0 Å². The number of ether oxygens (including phenoxy) is 1. The molecule has 1 amide bonds. The van der Waals surface area contributed by atoms with Crippen molar-refractivity contribution in [2.24, 2.45) is 24.8 Å². The minimum Gasteiger partial charge on any atom is -0.381 e. The summed E-state index contributed by atoms with van der Waals surface area (Å²) in [5, 5.41) is 4.28. The molecule has 0 N–H and O–H groups in total. The van der Waals surface area contributed by atoms with Crippen LogP contribution in [0.25, 0.3) is 0 Å². The summed E-state index contributed by atoms with van der Waals surface area (Å²) >= 11 is 0. The number of fused-ring (bicyclic) bond motifs is 1. The Morgan fingerprint density at radius 1 is 1.15 bits per heavy atom. The van der Waals surface area contributed by atoms with E-state index in [-0.39, 0.29) is 0 Å². The third kappa shape index (κ3) is 4.12. The Hall–Kier alpha value is -1.40.